The van der Waals surface area contributed by atoms with Gasteiger partial charge in [0.15, 0.2) is 0 Å². The number of hydrogen-bond acceptors (Lipinski definition) is 3. The van der Waals surface area contributed by atoms with E-state index in [4.69, 9.17) is 8.83 Å². The smallest absolute Gasteiger partial charge is 0.143 e. The van der Waals surface area contributed by atoms with Crippen LogP contribution in [0, 0.1) is 0 Å². The zero-order chi connectivity index (χ0) is 36.3. The first-order valence-corrected chi connectivity index (χ1v) is 18.7. The lowest BCUT2D eigenvalue weighted by Gasteiger charge is -2.26. The van der Waals surface area contributed by atoms with Gasteiger partial charge in [-0.1, -0.05) is 140 Å². The molecule has 0 N–H and O–H groups in total. The van der Waals surface area contributed by atoms with E-state index in [0.29, 0.717) is 0 Å². The molecule has 258 valence electrons. The SMILES string of the molecule is c1ccc(-c2ccc(N(c3ccccc3)c3cccc4oc5c6ccccc6c(-c6ccc(-c7ccc8oc9ccccc9c8c7)cc6)cc5c34)cc2)cc1. The molecule has 0 amide bonds. The summed E-state index contributed by atoms with van der Waals surface area (Å²) in [6.07, 6.45) is 0. The molecule has 0 fully saturated rings. The van der Waals surface area contributed by atoms with Crippen LogP contribution in [0.2, 0.25) is 0 Å². The van der Waals surface area contributed by atoms with Crippen LogP contribution in [0.4, 0.5) is 17.1 Å². The second kappa shape index (κ2) is 12.6. The highest BCUT2D eigenvalue weighted by atomic mass is 16.3. The Hall–Kier alpha value is -7.36. The van der Waals surface area contributed by atoms with Gasteiger partial charge in [-0.2, -0.15) is 0 Å². The molecule has 55 heavy (non-hydrogen) atoms. The van der Waals surface area contributed by atoms with Gasteiger partial charge >= 0.3 is 0 Å². The van der Waals surface area contributed by atoms with Crippen LogP contribution >= 0.6 is 0 Å². The van der Waals surface area contributed by atoms with E-state index in [-0.39, 0.29) is 0 Å². The summed E-state index contributed by atoms with van der Waals surface area (Å²) in [5, 5.41) is 6.69. The molecule has 11 aromatic rings. The van der Waals surface area contributed by atoms with Crippen molar-refractivity contribution in [2.75, 3.05) is 4.90 Å². The zero-order valence-electron chi connectivity index (χ0n) is 29.8. The van der Waals surface area contributed by atoms with Gasteiger partial charge in [0, 0.05) is 32.9 Å². The van der Waals surface area contributed by atoms with Gasteiger partial charge in [-0.3, -0.25) is 0 Å². The summed E-state index contributed by atoms with van der Waals surface area (Å²) in [6, 6.07) is 70.9. The third-order valence-corrected chi connectivity index (χ3v) is 10.9. The van der Waals surface area contributed by atoms with Crippen LogP contribution in [0.25, 0.3) is 88.0 Å². The third-order valence-electron chi connectivity index (χ3n) is 10.9. The number of hydrogen-bond donors (Lipinski definition) is 0. The fourth-order valence-electron chi connectivity index (χ4n) is 8.24. The van der Waals surface area contributed by atoms with Gasteiger partial charge in [0.2, 0.25) is 0 Å². The molecule has 0 unspecified atom stereocenters. The van der Waals surface area contributed by atoms with Crippen molar-refractivity contribution in [3.63, 3.8) is 0 Å². The van der Waals surface area contributed by atoms with E-state index >= 15 is 0 Å². The van der Waals surface area contributed by atoms with E-state index in [1.807, 2.05) is 12.1 Å². The molecule has 0 bridgehead atoms. The van der Waals surface area contributed by atoms with Gasteiger partial charge in [0.25, 0.3) is 0 Å². The number of para-hydroxylation sites is 2. The summed E-state index contributed by atoms with van der Waals surface area (Å²) < 4.78 is 12.9. The average Bonchev–Trinajstić information content (AvgIpc) is 3.83. The summed E-state index contributed by atoms with van der Waals surface area (Å²) in [6.45, 7) is 0. The maximum absolute atomic E-state index is 6.80. The van der Waals surface area contributed by atoms with Crippen LogP contribution < -0.4 is 4.90 Å². The number of furan rings is 2. The largest absolute Gasteiger partial charge is 0.456 e. The Bertz CT molecular complexity index is 3180. The van der Waals surface area contributed by atoms with Gasteiger partial charge in [0.1, 0.15) is 22.3 Å². The number of nitrogens with zero attached hydrogens (tertiary/aromatic N) is 1. The molecule has 9 aromatic carbocycles. The molecule has 0 saturated carbocycles. The second-order valence-electron chi connectivity index (χ2n) is 14.1. The molecule has 0 saturated heterocycles. The van der Waals surface area contributed by atoms with Gasteiger partial charge in [-0.05, 0) is 99.4 Å². The standard InChI is InChI=1S/C52H33NO2/c1-3-12-34(13-4-1)35-26-29-40(30-27-35)53(39-14-5-2-6-15-39)47-19-11-21-50-51(47)46-33-44(41-16-7-8-18-43(41)52(46)55-50)37-24-22-36(23-25-37)38-28-31-49-45(32-38)42-17-9-10-20-48(42)54-49/h1-33H. The van der Waals surface area contributed by atoms with Crippen molar-refractivity contribution in [2.45, 2.75) is 0 Å². The lowest BCUT2D eigenvalue weighted by atomic mass is 9.93. The minimum absolute atomic E-state index is 0.856. The fourth-order valence-corrected chi connectivity index (χ4v) is 8.24. The van der Waals surface area contributed by atoms with Crippen LogP contribution in [-0.4, -0.2) is 0 Å². The molecular weight excluding hydrogens is 671 g/mol. The first-order chi connectivity index (χ1) is 27.3. The molecular formula is C52H33NO2. The molecule has 0 atom stereocenters. The Morgan fingerprint density at radius 3 is 1.67 bits per heavy atom. The predicted octanol–water partition coefficient (Wildman–Crippen LogP) is 15.1. The van der Waals surface area contributed by atoms with Crippen LogP contribution in [0.3, 0.4) is 0 Å². The topological polar surface area (TPSA) is 29.5 Å². The summed E-state index contributed by atoms with van der Waals surface area (Å²) in [5.74, 6) is 0. The summed E-state index contributed by atoms with van der Waals surface area (Å²) in [4.78, 5) is 2.34. The van der Waals surface area contributed by atoms with Crippen LogP contribution in [-0.2, 0) is 0 Å². The Morgan fingerprint density at radius 2 is 0.873 bits per heavy atom. The summed E-state index contributed by atoms with van der Waals surface area (Å²) in [5.41, 5.74) is 13.8. The van der Waals surface area contributed by atoms with Crippen molar-refractivity contribution in [2.24, 2.45) is 0 Å². The van der Waals surface area contributed by atoms with Gasteiger partial charge in [-0.15, -0.1) is 0 Å². The maximum atomic E-state index is 6.80. The fraction of sp³-hybridized carbons (Fsp3) is 0. The minimum Gasteiger partial charge on any atom is -0.456 e. The zero-order valence-corrected chi connectivity index (χ0v) is 29.8. The van der Waals surface area contributed by atoms with Crippen molar-refractivity contribution in [1.82, 2.24) is 0 Å². The van der Waals surface area contributed by atoms with E-state index in [9.17, 15) is 0 Å². The van der Waals surface area contributed by atoms with Crippen molar-refractivity contribution in [1.29, 1.82) is 0 Å². The minimum atomic E-state index is 0.856. The Balaban J connectivity index is 1.07. The molecule has 2 aromatic heterocycles. The Kier molecular flexibility index (Phi) is 7.17. The quantitative estimate of drug-likeness (QED) is 0.173. The highest BCUT2D eigenvalue weighted by molar-refractivity contribution is 6.22. The van der Waals surface area contributed by atoms with Gasteiger partial charge < -0.3 is 13.7 Å². The highest BCUT2D eigenvalue weighted by Gasteiger charge is 2.22. The van der Waals surface area contributed by atoms with E-state index in [0.717, 1.165) is 88.4 Å². The third kappa shape index (κ3) is 5.20. The molecule has 0 aliphatic carbocycles. The number of fused-ring (bicyclic) bond motifs is 8. The lowest BCUT2D eigenvalue weighted by Crippen LogP contribution is -2.10. The number of benzene rings is 9. The van der Waals surface area contributed by atoms with Crippen molar-refractivity contribution in [3.05, 3.63) is 200 Å². The van der Waals surface area contributed by atoms with Crippen LogP contribution in [0.15, 0.2) is 209 Å². The molecule has 0 spiro atoms. The molecule has 0 aliphatic heterocycles. The first kappa shape index (κ1) is 31.2. The number of rotatable bonds is 6. The van der Waals surface area contributed by atoms with E-state index in [1.54, 1.807) is 0 Å². The first-order valence-electron chi connectivity index (χ1n) is 18.7. The second-order valence-corrected chi connectivity index (χ2v) is 14.1. The Labute approximate surface area is 317 Å². The number of anilines is 3. The van der Waals surface area contributed by atoms with E-state index < -0.39 is 0 Å². The Morgan fingerprint density at radius 1 is 0.309 bits per heavy atom. The average molecular weight is 704 g/mol. The molecule has 2 heterocycles. The van der Waals surface area contributed by atoms with Crippen molar-refractivity contribution < 1.29 is 8.83 Å². The van der Waals surface area contributed by atoms with Crippen molar-refractivity contribution in [3.8, 4) is 33.4 Å². The summed E-state index contributed by atoms with van der Waals surface area (Å²) >= 11 is 0. The monoisotopic (exact) mass is 703 g/mol. The summed E-state index contributed by atoms with van der Waals surface area (Å²) in [7, 11) is 0. The highest BCUT2D eigenvalue weighted by Crippen LogP contribution is 2.46. The normalized spacial score (nSPS) is 11.6. The predicted molar refractivity (Wildman–Crippen MR) is 229 cm³/mol. The van der Waals surface area contributed by atoms with E-state index in [1.165, 1.54) is 16.7 Å². The molecule has 3 nitrogen and oxygen atoms in total. The molecule has 3 heteroatoms. The molecule has 11 rings (SSSR count). The van der Waals surface area contributed by atoms with Gasteiger partial charge in [0.05, 0.1) is 11.1 Å². The van der Waals surface area contributed by atoms with Crippen LogP contribution in [0.1, 0.15) is 0 Å². The van der Waals surface area contributed by atoms with E-state index in [2.05, 4.69) is 193 Å². The van der Waals surface area contributed by atoms with Gasteiger partial charge in [-0.25, -0.2) is 0 Å². The van der Waals surface area contributed by atoms with Crippen LogP contribution in [0.5, 0.6) is 0 Å². The molecule has 0 radical (unpaired) electrons. The molecule has 0 aliphatic rings. The maximum Gasteiger partial charge on any atom is 0.143 e. The van der Waals surface area contributed by atoms with Crippen molar-refractivity contribution >= 4 is 71.7 Å². The lowest BCUT2D eigenvalue weighted by molar-refractivity contribution is 0.669.